The Morgan fingerprint density at radius 2 is 1.95 bits per heavy atom. The van der Waals surface area contributed by atoms with Gasteiger partial charge in [0.2, 0.25) is 0 Å². The predicted octanol–water partition coefficient (Wildman–Crippen LogP) is 1.49. The fourth-order valence-electron chi connectivity index (χ4n) is 2.44. The van der Waals surface area contributed by atoms with Gasteiger partial charge in [-0.05, 0) is 19.4 Å². The second-order valence-corrected chi connectivity index (χ2v) is 5.26. The van der Waals surface area contributed by atoms with Gasteiger partial charge in [0.25, 0.3) is 5.91 Å². The Bertz CT molecular complexity index is 484. The van der Waals surface area contributed by atoms with Gasteiger partial charge in [0.1, 0.15) is 0 Å². The lowest BCUT2D eigenvalue weighted by Crippen LogP contribution is -2.93. The molecule has 0 fully saturated rings. The van der Waals surface area contributed by atoms with Crippen LogP contribution in [-0.4, -0.2) is 29.4 Å². The van der Waals surface area contributed by atoms with Crippen LogP contribution in [0.25, 0.3) is 0 Å². The summed E-state index contributed by atoms with van der Waals surface area (Å²) >= 11 is 5.76. The van der Waals surface area contributed by atoms with Gasteiger partial charge in [0.15, 0.2) is 6.17 Å². The molecule has 2 N–H and O–H groups in total. The molecule has 1 aliphatic heterocycles. The minimum Gasteiger partial charge on any atom is -0.322 e. The highest BCUT2D eigenvalue weighted by molar-refractivity contribution is 6.17. The molecule has 4 heteroatoms. The van der Waals surface area contributed by atoms with Crippen molar-refractivity contribution in [3.63, 3.8) is 0 Å². The summed E-state index contributed by atoms with van der Waals surface area (Å²) in [6, 6.07) is 10.1. The number of carbonyl (C=O) groups is 1. The number of nitrogens with two attached hydrogens (primary N) is 1. The van der Waals surface area contributed by atoms with Gasteiger partial charge < -0.3 is 5.32 Å². The molecule has 0 spiro atoms. The molecule has 0 bridgehead atoms. The Kier molecular flexibility index (Phi) is 4.61. The van der Waals surface area contributed by atoms with Crippen LogP contribution < -0.4 is 5.32 Å². The molecule has 2 rings (SSSR count). The van der Waals surface area contributed by atoms with E-state index in [1.165, 1.54) is 0 Å². The molecule has 0 saturated heterocycles. The van der Waals surface area contributed by atoms with Crippen LogP contribution in [0.15, 0.2) is 41.5 Å². The average Bonchev–Trinajstić information content (AvgIpc) is 2.63. The Morgan fingerprint density at radius 3 is 2.58 bits per heavy atom. The molecule has 0 aliphatic carbocycles. The molecule has 1 amide bonds. The van der Waals surface area contributed by atoms with E-state index in [0.717, 1.165) is 23.3 Å². The van der Waals surface area contributed by atoms with E-state index in [2.05, 4.69) is 17.4 Å². The first-order valence-electron chi connectivity index (χ1n) is 6.56. The number of nitrogens with zero attached hydrogens (tertiary/aromatic N) is 1. The largest absolute Gasteiger partial charge is 0.322 e. The summed E-state index contributed by atoms with van der Waals surface area (Å²) in [6.45, 7) is 5.41. The highest BCUT2D eigenvalue weighted by atomic mass is 35.5. The molecule has 19 heavy (non-hydrogen) atoms. The van der Waals surface area contributed by atoms with Gasteiger partial charge in [-0.25, -0.2) is 0 Å². The lowest BCUT2D eigenvalue weighted by atomic mass is 10.1. The molecule has 1 aromatic rings. The smallest absolute Gasteiger partial charge is 0.254 e. The van der Waals surface area contributed by atoms with Crippen LogP contribution in [0.4, 0.5) is 0 Å². The van der Waals surface area contributed by atoms with Crippen molar-refractivity contribution in [2.45, 2.75) is 26.6 Å². The van der Waals surface area contributed by atoms with Crippen LogP contribution in [-0.2, 0) is 11.3 Å². The Labute approximate surface area is 119 Å². The number of hydrogen-bond acceptors (Lipinski definition) is 1. The van der Waals surface area contributed by atoms with Crippen LogP contribution >= 0.6 is 11.6 Å². The van der Waals surface area contributed by atoms with Crippen LogP contribution in [0.2, 0.25) is 0 Å². The van der Waals surface area contributed by atoms with E-state index in [0.29, 0.717) is 12.4 Å². The van der Waals surface area contributed by atoms with Gasteiger partial charge in [-0.2, -0.15) is 0 Å². The van der Waals surface area contributed by atoms with Crippen molar-refractivity contribution in [2.75, 3.05) is 12.4 Å². The maximum atomic E-state index is 12.3. The zero-order chi connectivity index (χ0) is 13.8. The van der Waals surface area contributed by atoms with Crippen molar-refractivity contribution in [3.05, 3.63) is 47.0 Å². The quantitative estimate of drug-likeness (QED) is 0.815. The number of alkyl halides is 1. The van der Waals surface area contributed by atoms with E-state index in [4.69, 9.17) is 11.6 Å². The van der Waals surface area contributed by atoms with Gasteiger partial charge >= 0.3 is 0 Å². The molecule has 1 heterocycles. The first kappa shape index (κ1) is 14.1. The van der Waals surface area contributed by atoms with Crippen LogP contribution in [0.3, 0.4) is 0 Å². The number of halogens is 1. The van der Waals surface area contributed by atoms with E-state index in [-0.39, 0.29) is 12.1 Å². The van der Waals surface area contributed by atoms with Gasteiger partial charge in [-0.3, -0.25) is 9.69 Å². The van der Waals surface area contributed by atoms with E-state index < -0.39 is 0 Å². The number of amides is 1. The SMILES string of the molecule is CC1=C(C)[C@H]([NH2+]CCCl)N(Cc2ccccc2)C1=O. The standard InChI is InChI=1S/C15H19ClN2O/c1-11-12(2)15(19)18(14(11)17-9-8-16)10-13-6-4-3-5-7-13/h3-7,14,17H,8-10H2,1-2H3/p+1/t14-/m1/s1. The summed E-state index contributed by atoms with van der Waals surface area (Å²) < 4.78 is 0. The van der Waals surface area contributed by atoms with Crippen LogP contribution in [0.5, 0.6) is 0 Å². The third-order valence-electron chi connectivity index (χ3n) is 3.65. The molecule has 1 atom stereocenters. The minimum atomic E-state index is 0.0893. The maximum absolute atomic E-state index is 12.3. The number of benzene rings is 1. The molecule has 0 aromatic heterocycles. The third kappa shape index (κ3) is 2.99. The first-order valence-corrected chi connectivity index (χ1v) is 7.10. The fourth-order valence-corrected chi connectivity index (χ4v) is 2.57. The van der Waals surface area contributed by atoms with Crippen molar-refractivity contribution in [2.24, 2.45) is 0 Å². The Hall–Kier alpha value is -1.32. The summed E-state index contributed by atoms with van der Waals surface area (Å²) in [6.07, 6.45) is 0.0893. The monoisotopic (exact) mass is 279 g/mol. The number of carbonyl (C=O) groups excluding carboxylic acids is 1. The van der Waals surface area contributed by atoms with Crippen LogP contribution in [0.1, 0.15) is 19.4 Å². The van der Waals surface area contributed by atoms with Crippen molar-refractivity contribution in [1.82, 2.24) is 4.90 Å². The summed E-state index contributed by atoms with van der Waals surface area (Å²) in [5, 5.41) is 2.14. The van der Waals surface area contributed by atoms with E-state index >= 15 is 0 Å². The molecule has 102 valence electrons. The van der Waals surface area contributed by atoms with Crippen molar-refractivity contribution < 1.29 is 10.1 Å². The number of rotatable bonds is 5. The molecular weight excluding hydrogens is 260 g/mol. The van der Waals surface area contributed by atoms with E-state index in [1.54, 1.807) is 0 Å². The summed E-state index contributed by atoms with van der Waals surface area (Å²) in [5.74, 6) is 0.730. The topological polar surface area (TPSA) is 36.9 Å². The van der Waals surface area contributed by atoms with Crippen molar-refractivity contribution in [3.8, 4) is 0 Å². The molecule has 0 saturated carbocycles. The summed E-state index contributed by atoms with van der Waals surface area (Å²) in [7, 11) is 0. The van der Waals surface area contributed by atoms with E-state index in [9.17, 15) is 4.79 Å². The van der Waals surface area contributed by atoms with Gasteiger partial charge in [0, 0.05) is 11.1 Å². The number of quaternary nitrogens is 1. The zero-order valence-corrected chi connectivity index (χ0v) is 12.2. The lowest BCUT2D eigenvalue weighted by Gasteiger charge is -2.24. The summed E-state index contributed by atoms with van der Waals surface area (Å²) in [4.78, 5) is 14.2. The van der Waals surface area contributed by atoms with Gasteiger partial charge in [0.05, 0.1) is 19.0 Å². The fraction of sp³-hybridized carbons (Fsp3) is 0.400. The van der Waals surface area contributed by atoms with Crippen molar-refractivity contribution in [1.29, 1.82) is 0 Å². The van der Waals surface area contributed by atoms with Gasteiger partial charge in [-0.15, -0.1) is 11.6 Å². The highest BCUT2D eigenvalue weighted by Crippen LogP contribution is 2.23. The molecule has 0 unspecified atom stereocenters. The van der Waals surface area contributed by atoms with E-state index in [1.807, 2.05) is 36.9 Å². The maximum Gasteiger partial charge on any atom is 0.254 e. The minimum absolute atomic E-state index is 0.0893. The van der Waals surface area contributed by atoms with Gasteiger partial charge in [-0.1, -0.05) is 30.3 Å². The summed E-state index contributed by atoms with van der Waals surface area (Å²) in [5.41, 5.74) is 3.17. The third-order valence-corrected chi connectivity index (χ3v) is 3.87. The normalized spacial score (nSPS) is 19.4. The first-order chi connectivity index (χ1) is 9.15. The second-order valence-electron chi connectivity index (χ2n) is 4.88. The highest BCUT2D eigenvalue weighted by Gasteiger charge is 2.36. The van der Waals surface area contributed by atoms with Crippen LogP contribution in [0, 0.1) is 0 Å². The Balaban J connectivity index is 2.16. The predicted molar refractivity (Wildman–Crippen MR) is 76.7 cm³/mol. The second kappa shape index (κ2) is 6.22. The lowest BCUT2D eigenvalue weighted by molar-refractivity contribution is -0.693. The molecule has 3 nitrogen and oxygen atoms in total. The average molecular weight is 280 g/mol. The zero-order valence-electron chi connectivity index (χ0n) is 11.4. The molecule has 1 aliphatic rings. The number of hydrogen-bond donors (Lipinski definition) is 1. The molecular formula is C15H20ClN2O+. The molecule has 1 aromatic carbocycles. The van der Waals surface area contributed by atoms with Crippen molar-refractivity contribution >= 4 is 17.5 Å². The Morgan fingerprint density at radius 1 is 1.26 bits per heavy atom. The molecule has 0 radical (unpaired) electrons.